The van der Waals surface area contributed by atoms with Crippen LogP contribution in [0.15, 0.2) is 24.3 Å². The van der Waals surface area contributed by atoms with Gasteiger partial charge in [-0.25, -0.2) is 0 Å². The van der Waals surface area contributed by atoms with Gasteiger partial charge in [-0.15, -0.1) is 0 Å². The smallest absolute Gasteiger partial charge is 0.0639 e. The molecule has 0 bridgehead atoms. The highest BCUT2D eigenvalue weighted by Gasteiger charge is 2.00. The Hall–Kier alpha value is -0.730. The number of ether oxygens (including phenoxy) is 1. The van der Waals surface area contributed by atoms with E-state index in [9.17, 15) is 0 Å². The van der Waals surface area contributed by atoms with Gasteiger partial charge < -0.3 is 10.1 Å². The summed E-state index contributed by atoms with van der Waals surface area (Å²) in [4.78, 5) is 0. The van der Waals surface area contributed by atoms with Crippen LogP contribution >= 0.6 is 11.6 Å². The van der Waals surface area contributed by atoms with Crippen LogP contribution < -0.4 is 5.32 Å². The van der Waals surface area contributed by atoms with E-state index < -0.39 is 0 Å². The summed E-state index contributed by atoms with van der Waals surface area (Å²) in [6, 6.07) is 7.73. The van der Waals surface area contributed by atoms with Gasteiger partial charge in [0.05, 0.1) is 6.61 Å². The first kappa shape index (κ1) is 14.3. The van der Waals surface area contributed by atoms with Crippen molar-refractivity contribution in [2.75, 3.05) is 25.1 Å². The van der Waals surface area contributed by atoms with E-state index in [1.165, 1.54) is 12.8 Å². The molecule has 1 aromatic carbocycles. The lowest BCUT2D eigenvalue weighted by Gasteiger charge is -2.11. The van der Waals surface area contributed by atoms with E-state index in [4.69, 9.17) is 16.3 Å². The van der Waals surface area contributed by atoms with Crippen molar-refractivity contribution in [3.8, 4) is 0 Å². The molecule has 1 rings (SSSR count). The normalized spacial score (nSPS) is 12.4. The fourth-order valence-electron chi connectivity index (χ4n) is 1.73. The molecule has 1 N–H and O–H groups in total. The highest BCUT2D eigenvalue weighted by molar-refractivity contribution is 6.30. The van der Waals surface area contributed by atoms with Crippen molar-refractivity contribution in [3.63, 3.8) is 0 Å². The number of hydrogen-bond acceptors (Lipinski definition) is 2. The molecule has 0 aliphatic heterocycles. The summed E-state index contributed by atoms with van der Waals surface area (Å²) < 4.78 is 5.60. The molecule has 0 heterocycles. The predicted octanol–water partition coefficient (Wildman–Crippen LogP) is 4.20. The van der Waals surface area contributed by atoms with Crippen molar-refractivity contribution in [2.45, 2.75) is 26.7 Å². The highest BCUT2D eigenvalue weighted by atomic mass is 35.5. The first-order valence-electron chi connectivity index (χ1n) is 6.29. The third kappa shape index (κ3) is 6.54. The molecule has 17 heavy (non-hydrogen) atoms. The van der Waals surface area contributed by atoms with Crippen LogP contribution in [0.25, 0.3) is 0 Å². The van der Waals surface area contributed by atoms with E-state index in [0.717, 1.165) is 30.5 Å². The van der Waals surface area contributed by atoms with Crippen molar-refractivity contribution in [1.82, 2.24) is 0 Å². The number of nitrogens with one attached hydrogen (secondary N) is 1. The Morgan fingerprint density at radius 1 is 1.41 bits per heavy atom. The minimum Gasteiger partial charge on any atom is -0.383 e. The van der Waals surface area contributed by atoms with Gasteiger partial charge in [0.1, 0.15) is 0 Å². The minimum absolute atomic E-state index is 0.658. The summed E-state index contributed by atoms with van der Waals surface area (Å²) in [5.41, 5.74) is 1.04. The van der Waals surface area contributed by atoms with Crippen LogP contribution in [0.4, 0.5) is 5.69 Å². The molecule has 0 fully saturated rings. The maximum Gasteiger partial charge on any atom is 0.0639 e. The Bertz CT molecular complexity index is 317. The van der Waals surface area contributed by atoms with Crippen LogP contribution in [0.5, 0.6) is 0 Å². The zero-order valence-corrected chi connectivity index (χ0v) is 11.5. The Morgan fingerprint density at radius 2 is 2.24 bits per heavy atom. The van der Waals surface area contributed by atoms with Gasteiger partial charge in [-0.05, 0) is 30.5 Å². The molecule has 1 unspecified atom stereocenters. The molecule has 0 aliphatic rings. The second-order valence-corrected chi connectivity index (χ2v) is 4.84. The Morgan fingerprint density at radius 3 is 2.94 bits per heavy atom. The molecular weight excluding hydrogens is 234 g/mol. The molecule has 0 amide bonds. The van der Waals surface area contributed by atoms with Crippen LogP contribution in [0.2, 0.25) is 5.02 Å². The van der Waals surface area contributed by atoms with Crippen molar-refractivity contribution in [3.05, 3.63) is 29.3 Å². The van der Waals surface area contributed by atoms with Crippen LogP contribution in [-0.2, 0) is 4.74 Å². The molecule has 0 radical (unpaired) electrons. The molecule has 0 aliphatic carbocycles. The second kappa shape index (κ2) is 8.37. The number of rotatable bonds is 8. The lowest BCUT2D eigenvalue weighted by molar-refractivity contribution is 0.110. The van der Waals surface area contributed by atoms with E-state index in [1.807, 2.05) is 24.3 Å². The average molecular weight is 256 g/mol. The van der Waals surface area contributed by atoms with E-state index in [1.54, 1.807) is 0 Å². The van der Waals surface area contributed by atoms with Gasteiger partial charge in [0.15, 0.2) is 0 Å². The first-order chi connectivity index (χ1) is 8.22. The third-order valence-corrected chi connectivity index (χ3v) is 2.82. The third-order valence-electron chi connectivity index (χ3n) is 2.58. The number of hydrogen-bond donors (Lipinski definition) is 1. The fraction of sp³-hybridized carbons (Fsp3) is 0.571. The minimum atomic E-state index is 0.658. The first-order valence-corrected chi connectivity index (χ1v) is 6.67. The molecule has 2 nitrogen and oxygen atoms in total. The molecule has 3 heteroatoms. The summed E-state index contributed by atoms with van der Waals surface area (Å²) in [5, 5.41) is 4.04. The van der Waals surface area contributed by atoms with Gasteiger partial charge >= 0.3 is 0 Å². The van der Waals surface area contributed by atoms with Crippen LogP contribution in [0.1, 0.15) is 26.7 Å². The zero-order valence-electron chi connectivity index (χ0n) is 10.7. The number of anilines is 1. The van der Waals surface area contributed by atoms with Gasteiger partial charge in [-0.3, -0.25) is 0 Å². The van der Waals surface area contributed by atoms with Gasteiger partial charge in [0, 0.05) is 23.9 Å². The quantitative estimate of drug-likeness (QED) is 0.703. The van der Waals surface area contributed by atoms with Crippen molar-refractivity contribution in [2.24, 2.45) is 5.92 Å². The standard InChI is InChI=1S/C14H22ClNO/c1-3-5-12(2)11-17-9-8-16-14-7-4-6-13(15)10-14/h4,6-7,10,12,16H,3,5,8-9,11H2,1-2H3. The molecule has 96 valence electrons. The van der Waals surface area contributed by atoms with E-state index in [0.29, 0.717) is 5.92 Å². The fourth-order valence-corrected chi connectivity index (χ4v) is 1.92. The van der Waals surface area contributed by atoms with E-state index in [-0.39, 0.29) is 0 Å². The van der Waals surface area contributed by atoms with Gasteiger partial charge in [0.2, 0.25) is 0 Å². The monoisotopic (exact) mass is 255 g/mol. The van der Waals surface area contributed by atoms with Gasteiger partial charge in [-0.2, -0.15) is 0 Å². The lowest BCUT2D eigenvalue weighted by atomic mass is 10.1. The largest absolute Gasteiger partial charge is 0.383 e. The van der Waals surface area contributed by atoms with Gasteiger partial charge in [-0.1, -0.05) is 37.9 Å². The Kier molecular flexibility index (Phi) is 7.06. The molecule has 1 aromatic rings. The predicted molar refractivity (Wildman–Crippen MR) is 74.8 cm³/mol. The van der Waals surface area contributed by atoms with E-state index >= 15 is 0 Å². The summed E-state index contributed by atoms with van der Waals surface area (Å²) in [6.45, 7) is 6.84. The van der Waals surface area contributed by atoms with Crippen molar-refractivity contribution >= 4 is 17.3 Å². The highest BCUT2D eigenvalue weighted by Crippen LogP contribution is 2.14. The van der Waals surface area contributed by atoms with Crippen LogP contribution in [-0.4, -0.2) is 19.8 Å². The molecule has 0 saturated carbocycles. The molecule has 1 atom stereocenters. The molecule has 0 spiro atoms. The summed E-state index contributed by atoms with van der Waals surface area (Å²) >= 11 is 5.89. The summed E-state index contributed by atoms with van der Waals surface area (Å²) in [6.07, 6.45) is 2.47. The van der Waals surface area contributed by atoms with Crippen LogP contribution in [0.3, 0.4) is 0 Å². The molecule has 0 aromatic heterocycles. The average Bonchev–Trinajstić information content (AvgIpc) is 2.29. The maximum absolute atomic E-state index is 5.89. The zero-order chi connectivity index (χ0) is 12.5. The number of benzene rings is 1. The maximum atomic E-state index is 5.89. The Balaban J connectivity index is 2.08. The number of halogens is 1. The van der Waals surface area contributed by atoms with E-state index in [2.05, 4.69) is 19.2 Å². The van der Waals surface area contributed by atoms with Crippen molar-refractivity contribution < 1.29 is 4.74 Å². The SMILES string of the molecule is CCCC(C)COCCNc1cccc(Cl)c1. The Labute approximate surface area is 109 Å². The van der Waals surface area contributed by atoms with Gasteiger partial charge in [0.25, 0.3) is 0 Å². The van der Waals surface area contributed by atoms with Crippen LogP contribution in [0, 0.1) is 5.92 Å². The van der Waals surface area contributed by atoms with Crippen molar-refractivity contribution in [1.29, 1.82) is 0 Å². The lowest BCUT2D eigenvalue weighted by Crippen LogP contribution is -2.13. The summed E-state index contributed by atoms with van der Waals surface area (Å²) in [5.74, 6) is 0.658. The summed E-state index contributed by atoms with van der Waals surface area (Å²) in [7, 11) is 0. The topological polar surface area (TPSA) is 21.3 Å². The molecular formula is C14H22ClNO. The molecule has 0 saturated heterocycles. The second-order valence-electron chi connectivity index (χ2n) is 4.41.